The molecule has 0 bridgehead atoms. The summed E-state index contributed by atoms with van der Waals surface area (Å²) in [6.45, 7) is 8.01. The molecule has 0 saturated carbocycles. The highest BCUT2D eigenvalue weighted by Crippen LogP contribution is 2.16. The van der Waals surface area contributed by atoms with Gasteiger partial charge in [0.25, 0.3) is 5.91 Å². The monoisotopic (exact) mass is 284 g/mol. The molecule has 2 N–H and O–H groups in total. The number of sulfonamides is 1. The number of rotatable bonds is 4. The summed E-state index contributed by atoms with van der Waals surface area (Å²) in [7, 11) is -3.80. The van der Waals surface area contributed by atoms with Crippen molar-refractivity contribution in [2.24, 2.45) is 5.14 Å². The number of hydrogen-bond acceptors (Lipinski definition) is 3. The maximum absolute atomic E-state index is 12.3. The third kappa shape index (κ3) is 3.78. The van der Waals surface area contributed by atoms with Crippen LogP contribution in [0.5, 0.6) is 0 Å². The third-order valence-electron chi connectivity index (χ3n) is 2.85. The molecule has 1 rings (SSSR count). The zero-order chi connectivity index (χ0) is 14.8. The van der Waals surface area contributed by atoms with E-state index in [-0.39, 0.29) is 16.8 Å². The summed E-state index contributed by atoms with van der Waals surface area (Å²) in [5.74, 6) is -0.189. The zero-order valence-corrected chi connectivity index (χ0v) is 12.5. The van der Waals surface area contributed by atoms with Gasteiger partial charge in [-0.2, -0.15) is 0 Å². The van der Waals surface area contributed by atoms with Crippen LogP contribution < -0.4 is 5.14 Å². The van der Waals surface area contributed by atoms with Gasteiger partial charge in [-0.25, -0.2) is 13.6 Å². The molecular formula is C13H20N2O3S. The third-order valence-corrected chi connectivity index (χ3v) is 3.74. The first-order chi connectivity index (χ1) is 8.66. The molecule has 0 saturated heterocycles. The Labute approximate surface area is 114 Å². The number of nitrogens with zero attached hydrogens (tertiary/aromatic N) is 1. The Morgan fingerprint density at radius 3 is 2.32 bits per heavy atom. The molecule has 6 heteroatoms. The van der Waals surface area contributed by atoms with Gasteiger partial charge in [0, 0.05) is 18.2 Å². The number of aryl methyl sites for hydroxylation is 1. The summed E-state index contributed by atoms with van der Waals surface area (Å²) < 4.78 is 22.8. The van der Waals surface area contributed by atoms with Crippen LogP contribution in [0.15, 0.2) is 23.1 Å². The normalized spacial score (nSPS) is 11.7. The van der Waals surface area contributed by atoms with Gasteiger partial charge < -0.3 is 4.90 Å². The topological polar surface area (TPSA) is 80.5 Å². The Kier molecular flexibility index (Phi) is 4.70. The summed E-state index contributed by atoms with van der Waals surface area (Å²) in [5, 5.41) is 5.11. The van der Waals surface area contributed by atoms with Crippen LogP contribution >= 0.6 is 0 Å². The highest BCUT2D eigenvalue weighted by atomic mass is 32.2. The second kappa shape index (κ2) is 5.71. The lowest BCUT2D eigenvalue weighted by molar-refractivity contribution is 0.0716. The molecule has 0 heterocycles. The molecule has 106 valence electrons. The van der Waals surface area contributed by atoms with Gasteiger partial charge in [-0.1, -0.05) is 0 Å². The molecule has 0 unspecified atom stereocenters. The van der Waals surface area contributed by atoms with Crippen LogP contribution in [0.2, 0.25) is 0 Å². The van der Waals surface area contributed by atoms with E-state index in [4.69, 9.17) is 5.14 Å². The molecular weight excluding hydrogens is 264 g/mol. The van der Waals surface area contributed by atoms with Crippen LogP contribution in [-0.2, 0) is 10.0 Å². The quantitative estimate of drug-likeness (QED) is 0.910. The van der Waals surface area contributed by atoms with E-state index < -0.39 is 10.0 Å². The van der Waals surface area contributed by atoms with Crippen molar-refractivity contribution in [1.29, 1.82) is 0 Å². The Morgan fingerprint density at radius 1 is 1.32 bits per heavy atom. The van der Waals surface area contributed by atoms with Crippen molar-refractivity contribution < 1.29 is 13.2 Å². The molecule has 19 heavy (non-hydrogen) atoms. The average molecular weight is 284 g/mol. The van der Waals surface area contributed by atoms with Crippen LogP contribution in [-0.4, -0.2) is 31.8 Å². The van der Waals surface area contributed by atoms with Crippen molar-refractivity contribution in [2.45, 2.75) is 38.6 Å². The van der Waals surface area contributed by atoms with Gasteiger partial charge >= 0.3 is 0 Å². The minimum atomic E-state index is -3.80. The lowest BCUT2D eigenvalue weighted by atomic mass is 10.1. The van der Waals surface area contributed by atoms with E-state index in [2.05, 4.69) is 0 Å². The second-order valence-electron chi connectivity index (χ2n) is 4.76. The smallest absolute Gasteiger partial charge is 0.254 e. The van der Waals surface area contributed by atoms with Gasteiger partial charge in [0.2, 0.25) is 10.0 Å². The molecule has 0 aliphatic rings. The summed E-state index contributed by atoms with van der Waals surface area (Å²) in [5.41, 5.74) is 1.04. The van der Waals surface area contributed by atoms with E-state index in [1.54, 1.807) is 17.9 Å². The van der Waals surface area contributed by atoms with Crippen molar-refractivity contribution in [1.82, 2.24) is 4.90 Å². The first-order valence-corrected chi connectivity index (χ1v) is 7.67. The van der Waals surface area contributed by atoms with Crippen molar-refractivity contribution in [3.8, 4) is 0 Å². The minimum absolute atomic E-state index is 0.0318. The summed E-state index contributed by atoms with van der Waals surface area (Å²) in [6.07, 6.45) is 0. The molecule has 1 aromatic carbocycles. The summed E-state index contributed by atoms with van der Waals surface area (Å²) in [6, 6.07) is 4.51. The van der Waals surface area contributed by atoms with Crippen molar-refractivity contribution in [3.05, 3.63) is 29.3 Å². The minimum Gasteiger partial charge on any atom is -0.337 e. The van der Waals surface area contributed by atoms with Crippen LogP contribution in [0.1, 0.15) is 36.7 Å². The lowest BCUT2D eigenvalue weighted by Crippen LogP contribution is -2.36. The van der Waals surface area contributed by atoms with Crippen LogP contribution in [0, 0.1) is 6.92 Å². The standard InChI is InChI=1S/C13H20N2O3S/c1-5-15(9(2)3)13(16)11-6-10(4)7-12(8-11)19(14,17)18/h6-9H,5H2,1-4H3,(H2,14,17,18). The van der Waals surface area contributed by atoms with Crippen LogP contribution in [0.25, 0.3) is 0 Å². The molecule has 0 atom stereocenters. The first-order valence-electron chi connectivity index (χ1n) is 6.12. The van der Waals surface area contributed by atoms with Gasteiger partial charge in [0.15, 0.2) is 0 Å². The molecule has 0 aromatic heterocycles. The van der Waals surface area contributed by atoms with E-state index in [1.807, 2.05) is 20.8 Å². The molecule has 5 nitrogen and oxygen atoms in total. The number of benzene rings is 1. The second-order valence-corrected chi connectivity index (χ2v) is 6.33. The molecule has 0 radical (unpaired) electrons. The fraction of sp³-hybridized carbons (Fsp3) is 0.462. The van der Waals surface area contributed by atoms with Crippen LogP contribution in [0.3, 0.4) is 0 Å². The fourth-order valence-corrected chi connectivity index (χ4v) is 2.59. The summed E-state index contributed by atoms with van der Waals surface area (Å²) in [4.78, 5) is 14.0. The number of carbonyl (C=O) groups is 1. The first kappa shape index (κ1) is 15.7. The van der Waals surface area contributed by atoms with Gasteiger partial charge in [0.1, 0.15) is 0 Å². The molecule has 1 aromatic rings. The number of nitrogens with two attached hydrogens (primary N) is 1. The number of primary sulfonamides is 1. The highest BCUT2D eigenvalue weighted by molar-refractivity contribution is 7.89. The largest absolute Gasteiger partial charge is 0.337 e. The Morgan fingerprint density at radius 2 is 1.89 bits per heavy atom. The number of carbonyl (C=O) groups excluding carboxylic acids is 1. The van der Waals surface area contributed by atoms with Gasteiger partial charge in [-0.3, -0.25) is 4.79 Å². The van der Waals surface area contributed by atoms with Gasteiger partial charge in [-0.05, 0) is 51.5 Å². The van der Waals surface area contributed by atoms with Crippen molar-refractivity contribution in [3.63, 3.8) is 0 Å². The maximum Gasteiger partial charge on any atom is 0.254 e. The Hall–Kier alpha value is -1.40. The average Bonchev–Trinajstić information content (AvgIpc) is 2.27. The van der Waals surface area contributed by atoms with Crippen LogP contribution in [0.4, 0.5) is 0 Å². The SMILES string of the molecule is CCN(C(=O)c1cc(C)cc(S(N)(=O)=O)c1)C(C)C. The van der Waals surface area contributed by atoms with Crippen molar-refractivity contribution in [2.75, 3.05) is 6.54 Å². The van der Waals surface area contributed by atoms with Crippen molar-refractivity contribution >= 4 is 15.9 Å². The molecule has 0 aliphatic heterocycles. The van der Waals surface area contributed by atoms with E-state index >= 15 is 0 Å². The van der Waals surface area contributed by atoms with E-state index in [9.17, 15) is 13.2 Å². The van der Waals surface area contributed by atoms with Gasteiger partial charge in [-0.15, -0.1) is 0 Å². The Balaban J connectivity index is 3.28. The summed E-state index contributed by atoms with van der Waals surface area (Å²) >= 11 is 0. The molecule has 0 aliphatic carbocycles. The predicted octanol–water partition coefficient (Wildman–Crippen LogP) is 1.51. The highest BCUT2D eigenvalue weighted by Gasteiger charge is 2.19. The molecule has 0 fully saturated rings. The van der Waals surface area contributed by atoms with E-state index in [1.165, 1.54) is 12.1 Å². The van der Waals surface area contributed by atoms with Gasteiger partial charge in [0.05, 0.1) is 4.90 Å². The maximum atomic E-state index is 12.3. The molecule has 1 amide bonds. The Bertz CT molecular complexity index is 580. The predicted molar refractivity (Wildman–Crippen MR) is 74.4 cm³/mol. The fourth-order valence-electron chi connectivity index (χ4n) is 1.94. The van der Waals surface area contributed by atoms with E-state index in [0.29, 0.717) is 17.7 Å². The number of amides is 1. The zero-order valence-electron chi connectivity index (χ0n) is 11.7. The number of hydrogen-bond donors (Lipinski definition) is 1. The lowest BCUT2D eigenvalue weighted by Gasteiger charge is -2.25. The van der Waals surface area contributed by atoms with E-state index in [0.717, 1.165) is 0 Å². The molecule has 0 spiro atoms.